The third kappa shape index (κ3) is 5.27. The SMILES string of the molecule is Cc1cc(=O)cc(C)n1CC(=O)NCC(c1ccccc1)S(=O)(=O)c1ccc(F)cc1. The average molecular weight is 443 g/mol. The van der Waals surface area contributed by atoms with Crippen LogP contribution in [0.1, 0.15) is 22.2 Å². The van der Waals surface area contributed by atoms with Crippen molar-refractivity contribution in [3.8, 4) is 0 Å². The summed E-state index contributed by atoms with van der Waals surface area (Å²) in [7, 11) is -3.89. The lowest BCUT2D eigenvalue weighted by Crippen LogP contribution is -2.35. The quantitative estimate of drug-likeness (QED) is 0.570. The van der Waals surface area contributed by atoms with Crippen LogP contribution in [-0.4, -0.2) is 25.4 Å². The first kappa shape index (κ1) is 22.4. The fraction of sp³-hybridized carbons (Fsp3) is 0.217. The maximum Gasteiger partial charge on any atom is 0.239 e. The summed E-state index contributed by atoms with van der Waals surface area (Å²) in [5.74, 6) is -0.916. The summed E-state index contributed by atoms with van der Waals surface area (Å²) >= 11 is 0. The molecular formula is C23H23FN2O4S. The number of amides is 1. The molecule has 31 heavy (non-hydrogen) atoms. The van der Waals surface area contributed by atoms with E-state index in [9.17, 15) is 22.4 Å². The predicted octanol–water partition coefficient (Wildman–Crippen LogP) is 2.94. The van der Waals surface area contributed by atoms with Crippen molar-refractivity contribution in [3.63, 3.8) is 0 Å². The smallest absolute Gasteiger partial charge is 0.239 e. The van der Waals surface area contributed by atoms with Gasteiger partial charge in [0.25, 0.3) is 0 Å². The minimum Gasteiger partial charge on any atom is -0.353 e. The second-order valence-corrected chi connectivity index (χ2v) is 9.39. The minimum atomic E-state index is -3.89. The summed E-state index contributed by atoms with van der Waals surface area (Å²) in [4.78, 5) is 24.2. The highest BCUT2D eigenvalue weighted by Crippen LogP contribution is 2.28. The van der Waals surface area contributed by atoms with Crippen molar-refractivity contribution < 1.29 is 17.6 Å². The first-order valence-corrected chi connectivity index (χ1v) is 11.2. The molecule has 0 radical (unpaired) electrons. The minimum absolute atomic E-state index is 0.0240. The molecule has 0 fully saturated rings. The van der Waals surface area contributed by atoms with Crippen LogP contribution in [-0.2, 0) is 21.2 Å². The molecule has 6 nitrogen and oxygen atoms in total. The van der Waals surface area contributed by atoms with Gasteiger partial charge in [-0.15, -0.1) is 0 Å². The Morgan fingerprint density at radius 1 is 1.00 bits per heavy atom. The number of carbonyl (C=O) groups excluding carboxylic acids is 1. The van der Waals surface area contributed by atoms with Gasteiger partial charge in [0.2, 0.25) is 5.91 Å². The number of hydrogen-bond acceptors (Lipinski definition) is 4. The predicted molar refractivity (Wildman–Crippen MR) is 116 cm³/mol. The maximum absolute atomic E-state index is 13.3. The van der Waals surface area contributed by atoms with Gasteiger partial charge in [-0.25, -0.2) is 12.8 Å². The van der Waals surface area contributed by atoms with Gasteiger partial charge in [0.05, 0.1) is 4.90 Å². The van der Waals surface area contributed by atoms with E-state index in [0.29, 0.717) is 17.0 Å². The van der Waals surface area contributed by atoms with Gasteiger partial charge in [-0.3, -0.25) is 9.59 Å². The zero-order chi connectivity index (χ0) is 22.6. The number of nitrogens with one attached hydrogen (secondary N) is 1. The number of hydrogen-bond donors (Lipinski definition) is 1. The highest BCUT2D eigenvalue weighted by atomic mass is 32.2. The molecule has 1 atom stereocenters. The first-order chi connectivity index (χ1) is 14.7. The number of rotatable bonds is 7. The largest absolute Gasteiger partial charge is 0.353 e. The molecule has 3 aromatic rings. The van der Waals surface area contributed by atoms with Gasteiger partial charge in [0.15, 0.2) is 15.3 Å². The van der Waals surface area contributed by atoms with E-state index in [0.717, 1.165) is 12.1 Å². The molecule has 0 spiro atoms. The second-order valence-electron chi connectivity index (χ2n) is 7.26. The van der Waals surface area contributed by atoms with Crippen molar-refractivity contribution in [1.29, 1.82) is 0 Å². The Labute approximate surface area is 180 Å². The van der Waals surface area contributed by atoms with Crippen LogP contribution in [0.3, 0.4) is 0 Å². The van der Waals surface area contributed by atoms with Gasteiger partial charge in [0.1, 0.15) is 17.6 Å². The van der Waals surface area contributed by atoms with Crippen molar-refractivity contribution in [1.82, 2.24) is 9.88 Å². The lowest BCUT2D eigenvalue weighted by atomic mass is 10.1. The van der Waals surface area contributed by atoms with Crippen LogP contribution in [0, 0.1) is 19.7 Å². The van der Waals surface area contributed by atoms with Gasteiger partial charge in [-0.1, -0.05) is 30.3 Å². The Balaban J connectivity index is 1.84. The number of carbonyl (C=O) groups is 1. The van der Waals surface area contributed by atoms with Crippen molar-refractivity contribution >= 4 is 15.7 Å². The summed E-state index contributed by atoms with van der Waals surface area (Å²) in [5, 5.41) is 1.65. The number of sulfone groups is 1. The van der Waals surface area contributed by atoms with Crippen LogP contribution in [0.5, 0.6) is 0 Å². The lowest BCUT2D eigenvalue weighted by Gasteiger charge is -2.20. The van der Waals surface area contributed by atoms with E-state index in [1.165, 1.54) is 24.3 Å². The van der Waals surface area contributed by atoms with Crippen LogP contribution < -0.4 is 10.7 Å². The van der Waals surface area contributed by atoms with Gasteiger partial charge >= 0.3 is 0 Å². The van der Waals surface area contributed by atoms with Crippen molar-refractivity contribution in [2.45, 2.75) is 30.5 Å². The van der Waals surface area contributed by atoms with E-state index in [1.807, 2.05) is 0 Å². The fourth-order valence-corrected chi connectivity index (χ4v) is 5.07. The maximum atomic E-state index is 13.3. The lowest BCUT2D eigenvalue weighted by molar-refractivity contribution is -0.121. The molecule has 0 saturated heterocycles. The second kappa shape index (κ2) is 9.26. The molecule has 8 heteroatoms. The van der Waals surface area contributed by atoms with Gasteiger partial charge < -0.3 is 9.88 Å². The van der Waals surface area contributed by atoms with E-state index in [2.05, 4.69) is 5.32 Å². The number of nitrogens with zero attached hydrogens (tertiary/aromatic N) is 1. The van der Waals surface area contributed by atoms with E-state index in [4.69, 9.17) is 0 Å². The van der Waals surface area contributed by atoms with Crippen molar-refractivity contribution in [2.24, 2.45) is 0 Å². The molecule has 0 aliphatic heterocycles. The molecule has 162 valence electrons. The summed E-state index contributed by atoms with van der Waals surface area (Å²) in [6.07, 6.45) is 0. The zero-order valence-electron chi connectivity index (χ0n) is 17.2. The summed E-state index contributed by atoms with van der Waals surface area (Å²) in [5.41, 5.74) is 1.65. The fourth-order valence-electron chi connectivity index (χ4n) is 3.41. The van der Waals surface area contributed by atoms with Gasteiger partial charge in [0, 0.05) is 30.1 Å². The molecule has 1 unspecified atom stereocenters. The zero-order valence-corrected chi connectivity index (χ0v) is 18.0. The summed E-state index contributed by atoms with van der Waals surface area (Å²) in [6.45, 7) is 3.26. The highest BCUT2D eigenvalue weighted by molar-refractivity contribution is 7.91. The molecule has 0 bridgehead atoms. The van der Waals surface area contributed by atoms with E-state index in [1.54, 1.807) is 48.7 Å². The number of halogens is 1. The van der Waals surface area contributed by atoms with Crippen LogP contribution in [0.4, 0.5) is 4.39 Å². The van der Waals surface area contributed by atoms with Crippen LogP contribution >= 0.6 is 0 Å². The van der Waals surface area contributed by atoms with E-state index >= 15 is 0 Å². The molecule has 1 N–H and O–H groups in total. The molecule has 0 saturated carbocycles. The van der Waals surface area contributed by atoms with Crippen LogP contribution in [0.2, 0.25) is 0 Å². The normalized spacial score (nSPS) is 12.4. The number of pyridine rings is 1. The van der Waals surface area contributed by atoms with Gasteiger partial charge in [-0.05, 0) is 43.7 Å². The van der Waals surface area contributed by atoms with Crippen molar-refractivity contribution in [3.05, 3.63) is 99.7 Å². The summed E-state index contributed by atoms with van der Waals surface area (Å²) < 4.78 is 41.5. The highest BCUT2D eigenvalue weighted by Gasteiger charge is 2.29. The number of aromatic nitrogens is 1. The molecule has 0 aliphatic rings. The first-order valence-electron chi connectivity index (χ1n) is 9.67. The molecule has 0 aliphatic carbocycles. The van der Waals surface area contributed by atoms with E-state index < -0.39 is 20.9 Å². The molecule has 1 aromatic heterocycles. The topological polar surface area (TPSA) is 85.2 Å². The van der Waals surface area contributed by atoms with Crippen LogP contribution in [0.25, 0.3) is 0 Å². The standard InChI is InChI=1S/C23H23FN2O4S/c1-16-12-20(27)13-17(2)26(16)15-23(28)25-14-22(18-6-4-3-5-7-18)31(29,30)21-10-8-19(24)9-11-21/h3-13,22H,14-15H2,1-2H3,(H,25,28). The molecule has 3 rings (SSSR count). The molecule has 2 aromatic carbocycles. The Bertz CT molecular complexity index is 1210. The Morgan fingerprint density at radius 3 is 2.16 bits per heavy atom. The Hall–Kier alpha value is -3.26. The van der Waals surface area contributed by atoms with Crippen LogP contribution in [0.15, 0.2) is 76.4 Å². The molecular weight excluding hydrogens is 419 g/mol. The van der Waals surface area contributed by atoms with Crippen molar-refractivity contribution in [2.75, 3.05) is 6.54 Å². The molecule has 1 amide bonds. The molecule has 1 heterocycles. The third-order valence-electron chi connectivity index (χ3n) is 5.03. The Kier molecular flexibility index (Phi) is 6.70. The summed E-state index contributed by atoms with van der Waals surface area (Å²) in [6, 6.07) is 16.1. The number of aryl methyl sites for hydroxylation is 2. The number of benzene rings is 2. The van der Waals surface area contributed by atoms with E-state index in [-0.39, 0.29) is 29.3 Å². The van der Waals surface area contributed by atoms with Gasteiger partial charge in [-0.2, -0.15) is 0 Å². The average Bonchev–Trinajstić information content (AvgIpc) is 2.72. The monoisotopic (exact) mass is 442 g/mol. The third-order valence-corrected chi connectivity index (χ3v) is 7.15. The Morgan fingerprint density at radius 2 is 1.58 bits per heavy atom.